The van der Waals surface area contributed by atoms with Gasteiger partial charge in [-0.05, 0) is 29.1 Å². The van der Waals surface area contributed by atoms with Crippen LogP contribution in [0, 0.1) is 0 Å². The Morgan fingerprint density at radius 1 is 1.11 bits per heavy atom. The van der Waals surface area contributed by atoms with Gasteiger partial charge >= 0.3 is 0 Å². The van der Waals surface area contributed by atoms with E-state index in [4.69, 9.17) is 11.6 Å². The number of para-hydroxylation sites is 1. The lowest BCUT2D eigenvalue weighted by molar-refractivity contribution is -0.120. The van der Waals surface area contributed by atoms with E-state index in [-0.39, 0.29) is 5.91 Å². The lowest BCUT2D eigenvalue weighted by atomic mass is 10.2. The zero-order valence-electron chi connectivity index (χ0n) is 15.0. The second-order valence-corrected chi connectivity index (χ2v) is 7.81. The predicted octanol–water partition coefficient (Wildman–Crippen LogP) is 5.10. The number of nitrogens with one attached hydrogen (secondary N) is 1. The van der Waals surface area contributed by atoms with Gasteiger partial charge in [0.25, 0.3) is 0 Å². The summed E-state index contributed by atoms with van der Waals surface area (Å²) in [6.45, 7) is 0.665. The van der Waals surface area contributed by atoms with Crippen molar-refractivity contribution in [3.8, 4) is 0 Å². The molecule has 4 nitrogen and oxygen atoms in total. The van der Waals surface area contributed by atoms with Crippen LogP contribution in [0.4, 0.5) is 0 Å². The Bertz CT molecular complexity index is 1130. The van der Waals surface area contributed by atoms with Crippen LogP contribution in [0.15, 0.2) is 77.3 Å². The average molecular weight is 408 g/mol. The van der Waals surface area contributed by atoms with E-state index in [1.54, 1.807) is 17.6 Å². The molecule has 4 rings (SSSR count). The Morgan fingerprint density at radius 3 is 2.75 bits per heavy atom. The summed E-state index contributed by atoms with van der Waals surface area (Å²) in [5, 5.41) is 7.93. The molecule has 0 spiro atoms. The van der Waals surface area contributed by atoms with E-state index < -0.39 is 0 Å². The monoisotopic (exact) mass is 407 g/mol. The molecule has 0 fully saturated rings. The van der Waals surface area contributed by atoms with Crippen molar-refractivity contribution in [1.82, 2.24) is 9.99 Å². The number of aromatic nitrogens is 1. The van der Waals surface area contributed by atoms with E-state index in [1.807, 2.05) is 66.2 Å². The third-order valence-electron chi connectivity index (χ3n) is 4.43. The fraction of sp³-hybridized carbons (Fsp3) is 0.0909. The highest BCUT2D eigenvalue weighted by atomic mass is 35.5. The minimum absolute atomic E-state index is 0.126. The van der Waals surface area contributed by atoms with Crippen molar-refractivity contribution >= 4 is 46.0 Å². The van der Waals surface area contributed by atoms with Crippen molar-refractivity contribution in [2.24, 2.45) is 5.10 Å². The van der Waals surface area contributed by atoms with Crippen LogP contribution >= 0.6 is 22.9 Å². The fourth-order valence-electron chi connectivity index (χ4n) is 3.10. The topological polar surface area (TPSA) is 46.4 Å². The molecule has 1 amide bonds. The van der Waals surface area contributed by atoms with Crippen molar-refractivity contribution in [2.45, 2.75) is 13.0 Å². The van der Waals surface area contributed by atoms with Crippen molar-refractivity contribution in [2.75, 3.05) is 0 Å². The third kappa shape index (κ3) is 4.16. The molecule has 4 aromatic rings. The minimum atomic E-state index is -0.126. The number of benzene rings is 2. The van der Waals surface area contributed by atoms with Gasteiger partial charge in [-0.25, -0.2) is 5.43 Å². The number of nitrogens with zero attached hydrogens (tertiary/aromatic N) is 2. The number of thiophene rings is 1. The Morgan fingerprint density at radius 2 is 1.93 bits per heavy atom. The lowest BCUT2D eigenvalue weighted by Crippen LogP contribution is -2.19. The Kier molecular flexibility index (Phi) is 5.55. The number of rotatable bonds is 6. The molecule has 140 valence electrons. The summed E-state index contributed by atoms with van der Waals surface area (Å²) >= 11 is 7.88. The first-order valence-corrected chi connectivity index (χ1v) is 10.1. The van der Waals surface area contributed by atoms with Crippen LogP contribution in [0.2, 0.25) is 5.02 Å². The van der Waals surface area contributed by atoms with E-state index in [2.05, 4.69) is 21.2 Å². The largest absolute Gasteiger partial charge is 0.342 e. The number of amides is 1. The van der Waals surface area contributed by atoms with Gasteiger partial charge in [-0.2, -0.15) is 5.10 Å². The standard InChI is InChI=1S/C22H18ClN3OS/c23-20-9-3-1-6-16(20)14-26-15-17(19-8-2-4-10-21(19)26)13-24-25-22(27)12-18-7-5-11-28-18/h1-11,13,15H,12,14H2,(H,25,27)/b24-13-. The summed E-state index contributed by atoms with van der Waals surface area (Å²) < 4.78 is 2.14. The summed E-state index contributed by atoms with van der Waals surface area (Å²) in [6, 6.07) is 19.8. The number of fused-ring (bicyclic) bond motifs is 1. The van der Waals surface area contributed by atoms with Crippen LogP contribution in [0.25, 0.3) is 10.9 Å². The number of hydrogen-bond donors (Lipinski definition) is 1. The molecule has 0 saturated heterocycles. The lowest BCUT2D eigenvalue weighted by Gasteiger charge is -2.07. The van der Waals surface area contributed by atoms with Crippen LogP contribution in [0.1, 0.15) is 16.0 Å². The van der Waals surface area contributed by atoms with Gasteiger partial charge in [0.2, 0.25) is 5.91 Å². The van der Waals surface area contributed by atoms with Crippen LogP contribution in [0.5, 0.6) is 0 Å². The molecule has 28 heavy (non-hydrogen) atoms. The quantitative estimate of drug-likeness (QED) is 0.351. The van der Waals surface area contributed by atoms with Crippen LogP contribution in [-0.2, 0) is 17.8 Å². The number of hydrogen-bond acceptors (Lipinski definition) is 3. The van der Waals surface area contributed by atoms with Crippen molar-refractivity contribution in [1.29, 1.82) is 0 Å². The molecule has 2 heterocycles. The van der Waals surface area contributed by atoms with Gasteiger partial charge in [0.05, 0.1) is 12.6 Å². The van der Waals surface area contributed by atoms with Gasteiger partial charge in [0.1, 0.15) is 0 Å². The SMILES string of the molecule is O=C(Cc1cccs1)N/N=C\c1cn(Cc2ccccc2Cl)c2ccccc12. The highest BCUT2D eigenvalue weighted by Gasteiger charge is 2.09. The summed E-state index contributed by atoms with van der Waals surface area (Å²) in [4.78, 5) is 13.0. The summed E-state index contributed by atoms with van der Waals surface area (Å²) in [7, 11) is 0. The number of carbonyl (C=O) groups is 1. The third-order valence-corrected chi connectivity index (χ3v) is 5.67. The zero-order chi connectivity index (χ0) is 19.3. The van der Waals surface area contributed by atoms with E-state index in [9.17, 15) is 4.79 Å². The van der Waals surface area contributed by atoms with Gasteiger partial charge in [-0.3, -0.25) is 4.79 Å². The number of hydrazone groups is 1. The van der Waals surface area contributed by atoms with Crippen molar-refractivity contribution < 1.29 is 4.79 Å². The number of carbonyl (C=O) groups excluding carboxylic acids is 1. The van der Waals surface area contributed by atoms with E-state index >= 15 is 0 Å². The maximum Gasteiger partial charge on any atom is 0.245 e. The maximum atomic E-state index is 12.0. The van der Waals surface area contributed by atoms with Crippen molar-refractivity contribution in [3.63, 3.8) is 0 Å². The molecule has 0 saturated carbocycles. The highest BCUT2D eigenvalue weighted by Crippen LogP contribution is 2.23. The normalized spacial score (nSPS) is 11.3. The summed E-state index contributed by atoms with van der Waals surface area (Å²) in [5.41, 5.74) is 5.70. The van der Waals surface area contributed by atoms with Gasteiger partial charge in [0, 0.05) is 39.1 Å². The smallest absolute Gasteiger partial charge is 0.245 e. The zero-order valence-corrected chi connectivity index (χ0v) is 16.6. The summed E-state index contributed by atoms with van der Waals surface area (Å²) in [5.74, 6) is -0.126. The molecule has 0 aliphatic rings. The Balaban J connectivity index is 1.54. The van der Waals surface area contributed by atoms with Gasteiger partial charge in [-0.15, -0.1) is 11.3 Å². The molecule has 2 aromatic carbocycles. The fourth-order valence-corrected chi connectivity index (χ4v) is 4.00. The van der Waals surface area contributed by atoms with Crippen LogP contribution in [0.3, 0.4) is 0 Å². The first kappa shape index (κ1) is 18.5. The van der Waals surface area contributed by atoms with E-state index in [1.165, 1.54) is 0 Å². The molecular formula is C22H18ClN3OS. The van der Waals surface area contributed by atoms with Crippen molar-refractivity contribution in [3.05, 3.63) is 93.3 Å². The second kappa shape index (κ2) is 8.42. The molecule has 1 N–H and O–H groups in total. The molecule has 2 aromatic heterocycles. The Labute approximate surface area is 172 Å². The van der Waals surface area contributed by atoms with Gasteiger partial charge < -0.3 is 4.57 Å². The molecule has 6 heteroatoms. The van der Waals surface area contributed by atoms with Gasteiger partial charge in [0.15, 0.2) is 0 Å². The first-order valence-electron chi connectivity index (χ1n) is 8.86. The second-order valence-electron chi connectivity index (χ2n) is 6.37. The summed E-state index contributed by atoms with van der Waals surface area (Å²) in [6.07, 6.45) is 4.06. The van der Waals surface area contributed by atoms with Crippen LogP contribution in [-0.4, -0.2) is 16.7 Å². The predicted molar refractivity (Wildman–Crippen MR) is 116 cm³/mol. The molecule has 0 aliphatic carbocycles. The van der Waals surface area contributed by atoms with E-state index in [0.29, 0.717) is 13.0 Å². The highest BCUT2D eigenvalue weighted by molar-refractivity contribution is 7.10. The molecular weight excluding hydrogens is 390 g/mol. The molecule has 0 aliphatic heterocycles. The minimum Gasteiger partial charge on any atom is -0.342 e. The maximum absolute atomic E-state index is 12.0. The average Bonchev–Trinajstić information content (AvgIpc) is 3.32. The molecule has 0 atom stereocenters. The molecule has 0 radical (unpaired) electrons. The van der Waals surface area contributed by atoms with E-state index in [0.717, 1.165) is 31.9 Å². The Hall–Kier alpha value is -2.89. The van der Waals surface area contributed by atoms with Gasteiger partial charge in [-0.1, -0.05) is 54.1 Å². The molecule has 0 bridgehead atoms. The van der Waals surface area contributed by atoms with Crippen LogP contribution < -0.4 is 5.43 Å². The number of halogens is 1. The first-order chi connectivity index (χ1) is 13.7. The molecule has 0 unspecified atom stereocenters.